The Kier molecular flexibility index (Phi) is 2.91. The van der Waals surface area contributed by atoms with Crippen LogP contribution in [0.25, 0.3) is 0 Å². The van der Waals surface area contributed by atoms with Gasteiger partial charge in [0.2, 0.25) is 0 Å². The maximum Gasteiger partial charge on any atom is 0.139 e. The molecular weight excluding hydrogens is 234 g/mol. The van der Waals surface area contributed by atoms with Crippen molar-refractivity contribution in [3.8, 4) is 5.75 Å². The molecule has 0 unspecified atom stereocenters. The monoisotopic (exact) mass is 251 g/mol. The van der Waals surface area contributed by atoms with Crippen LogP contribution in [-0.4, -0.2) is 13.2 Å². The van der Waals surface area contributed by atoms with Crippen molar-refractivity contribution < 1.29 is 4.74 Å². The molecule has 0 radical (unpaired) electrons. The second-order valence-electron chi connectivity index (χ2n) is 5.19. The maximum absolute atomic E-state index is 6.03. The number of anilines is 1. The van der Waals surface area contributed by atoms with Crippen LogP contribution in [0.5, 0.6) is 5.75 Å². The fourth-order valence-electron chi connectivity index (χ4n) is 2.47. The van der Waals surface area contributed by atoms with Gasteiger partial charge in [-0.2, -0.15) is 0 Å². The summed E-state index contributed by atoms with van der Waals surface area (Å²) in [7, 11) is 1.66. The fraction of sp³-hybridized carbons (Fsp3) is 0.571. The quantitative estimate of drug-likeness (QED) is 0.856. The lowest BCUT2D eigenvalue weighted by atomic mass is 10.1. The van der Waals surface area contributed by atoms with E-state index in [-0.39, 0.29) is 0 Å². The molecule has 0 saturated heterocycles. The summed E-state index contributed by atoms with van der Waals surface area (Å²) >= 11 is 6.03. The van der Waals surface area contributed by atoms with Crippen molar-refractivity contribution in [2.75, 3.05) is 12.4 Å². The van der Waals surface area contributed by atoms with Gasteiger partial charge in [-0.3, -0.25) is 0 Å². The Bertz CT molecular complexity index is 401. The fourth-order valence-corrected chi connectivity index (χ4v) is 2.67. The Balaban J connectivity index is 1.74. The Labute approximate surface area is 107 Å². The molecule has 0 spiro atoms. The van der Waals surface area contributed by atoms with Gasteiger partial charge >= 0.3 is 0 Å². The van der Waals surface area contributed by atoms with Gasteiger partial charge in [0.05, 0.1) is 12.1 Å². The molecule has 1 aromatic carbocycles. The summed E-state index contributed by atoms with van der Waals surface area (Å²) in [6, 6.07) is 6.61. The number of halogens is 1. The zero-order chi connectivity index (χ0) is 11.8. The second-order valence-corrected chi connectivity index (χ2v) is 5.60. The third-order valence-electron chi connectivity index (χ3n) is 3.74. The van der Waals surface area contributed by atoms with Crippen molar-refractivity contribution >= 4 is 17.3 Å². The lowest BCUT2D eigenvalue weighted by Gasteiger charge is -2.19. The predicted octanol–water partition coefficient (Wildman–Crippen LogP) is 3.95. The Hall–Kier alpha value is -0.890. The molecule has 1 aromatic rings. The van der Waals surface area contributed by atoms with E-state index in [1.54, 1.807) is 7.11 Å². The van der Waals surface area contributed by atoms with Gasteiger partial charge in [0.1, 0.15) is 5.75 Å². The van der Waals surface area contributed by atoms with E-state index >= 15 is 0 Å². The zero-order valence-electron chi connectivity index (χ0n) is 10.1. The molecular formula is C14H18ClNO. The van der Waals surface area contributed by atoms with Gasteiger partial charge < -0.3 is 10.1 Å². The van der Waals surface area contributed by atoms with E-state index in [4.69, 9.17) is 16.3 Å². The van der Waals surface area contributed by atoms with E-state index < -0.39 is 0 Å². The summed E-state index contributed by atoms with van der Waals surface area (Å²) < 4.78 is 5.25. The Morgan fingerprint density at radius 3 is 2.41 bits per heavy atom. The van der Waals surface area contributed by atoms with Gasteiger partial charge in [-0.05, 0) is 49.7 Å². The van der Waals surface area contributed by atoms with Gasteiger partial charge in [-0.25, -0.2) is 0 Å². The molecule has 2 saturated carbocycles. The highest BCUT2D eigenvalue weighted by atomic mass is 35.5. The number of hydrogen-bond donors (Lipinski definition) is 1. The highest BCUT2D eigenvalue weighted by Gasteiger charge is 2.41. The first-order valence-electron chi connectivity index (χ1n) is 6.38. The van der Waals surface area contributed by atoms with E-state index in [0.717, 1.165) is 23.3 Å². The molecule has 92 valence electrons. The van der Waals surface area contributed by atoms with Crippen molar-refractivity contribution in [3.63, 3.8) is 0 Å². The summed E-state index contributed by atoms with van der Waals surface area (Å²) in [5.74, 6) is 2.54. The predicted molar refractivity (Wildman–Crippen MR) is 70.9 cm³/mol. The molecule has 0 aliphatic heterocycles. The summed E-state index contributed by atoms with van der Waals surface area (Å²) in [6.07, 6.45) is 5.55. The lowest BCUT2D eigenvalue weighted by Crippen LogP contribution is -2.24. The van der Waals surface area contributed by atoms with Crippen LogP contribution in [0.4, 0.5) is 5.69 Å². The molecule has 0 bridgehead atoms. The molecule has 0 atom stereocenters. The first kappa shape index (κ1) is 11.2. The number of benzene rings is 1. The second kappa shape index (κ2) is 4.41. The average molecular weight is 252 g/mol. The molecule has 0 amide bonds. The maximum atomic E-state index is 6.03. The number of hydrogen-bond acceptors (Lipinski definition) is 2. The van der Waals surface area contributed by atoms with E-state index in [2.05, 4.69) is 5.32 Å². The van der Waals surface area contributed by atoms with Crippen molar-refractivity contribution in [2.45, 2.75) is 31.7 Å². The minimum atomic E-state index is 0.667. The molecule has 2 nitrogen and oxygen atoms in total. The van der Waals surface area contributed by atoms with Crippen molar-refractivity contribution in [3.05, 3.63) is 23.2 Å². The standard InChI is InChI=1S/C14H18ClNO/c1-17-13-8-11(6-7-12(13)15)16-14(9-2-3-9)10-4-5-10/h6-10,14,16H,2-5H2,1H3. The highest BCUT2D eigenvalue weighted by molar-refractivity contribution is 6.32. The summed E-state index contributed by atoms with van der Waals surface area (Å²) in [5, 5.41) is 4.34. The zero-order valence-corrected chi connectivity index (χ0v) is 10.8. The highest BCUT2D eigenvalue weighted by Crippen LogP contribution is 2.46. The average Bonchev–Trinajstić information content (AvgIpc) is 3.18. The summed E-state index contributed by atoms with van der Waals surface area (Å²) in [6.45, 7) is 0. The van der Waals surface area contributed by atoms with Crippen LogP contribution < -0.4 is 10.1 Å². The van der Waals surface area contributed by atoms with Gasteiger partial charge in [0.15, 0.2) is 0 Å². The normalized spacial score (nSPS) is 19.5. The van der Waals surface area contributed by atoms with Crippen LogP contribution >= 0.6 is 11.6 Å². The van der Waals surface area contributed by atoms with Gasteiger partial charge in [-0.1, -0.05) is 11.6 Å². The van der Waals surface area contributed by atoms with Crippen molar-refractivity contribution in [1.29, 1.82) is 0 Å². The van der Waals surface area contributed by atoms with E-state index in [1.807, 2.05) is 18.2 Å². The minimum absolute atomic E-state index is 0.667. The van der Waals surface area contributed by atoms with E-state index in [0.29, 0.717) is 11.1 Å². The molecule has 0 heterocycles. The molecule has 17 heavy (non-hydrogen) atoms. The molecule has 3 heteroatoms. The minimum Gasteiger partial charge on any atom is -0.495 e. The van der Waals surface area contributed by atoms with Crippen LogP contribution in [0.3, 0.4) is 0 Å². The van der Waals surface area contributed by atoms with Gasteiger partial charge in [0.25, 0.3) is 0 Å². The molecule has 2 fully saturated rings. The third kappa shape index (κ3) is 2.52. The molecule has 0 aromatic heterocycles. The van der Waals surface area contributed by atoms with Crippen LogP contribution in [0, 0.1) is 11.8 Å². The lowest BCUT2D eigenvalue weighted by molar-refractivity contribution is 0.415. The first-order valence-corrected chi connectivity index (χ1v) is 6.76. The molecule has 3 rings (SSSR count). The topological polar surface area (TPSA) is 21.3 Å². The smallest absolute Gasteiger partial charge is 0.139 e. The van der Waals surface area contributed by atoms with Gasteiger partial charge in [-0.15, -0.1) is 0 Å². The largest absolute Gasteiger partial charge is 0.495 e. The van der Waals surface area contributed by atoms with Crippen LogP contribution in [-0.2, 0) is 0 Å². The molecule has 1 N–H and O–H groups in total. The number of ether oxygens (including phenoxy) is 1. The van der Waals surface area contributed by atoms with Gasteiger partial charge in [0, 0.05) is 17.8 Å². The summed E-state index contributed by atoms with van der Waals surface area (Å²) in [4.78, 5) is 0. The van der Waals surface area contributed by atoms with Crippen LogP contribution in [0.2, 0.25) is 5.02 Å². The Morgan fingerprint density at radius 2 is 1.88 bits per heavy atom. The van der Waals surface area contributed by atoms with Crippen LogP contribution in [0.1, 0.15) is 25.7 Å². The SMILES string of the molecule is COc1cc(NC(C2CC2)C2CC2)ccc1Cl. The third-order valence-corrected chi connectivity index (χ3v) is 4.06. The number of nitrogens with one attached hydrogen (secondary N) is 1. The van der Waals surface area contributed by atoms with Crippen molar-refractivity contribution in [1.82, 2.24) is 0 Å². The summed E-state index contributed by atoms with van der Waals surface area (Å²) in [5.41, 5.74) is 1.13. The molecule has 2 aliphatic carbocycles. The van der Waals surface area contributed by atoms with E-state index in [9.17, 15) is 0 Å². The molecule has 2 aliphatic rings. The van der Waals surface area contributed by atoms with E-state index in [1.165, 1.54) is 25.7 Å². The van der Waals surface area contributed by atoms with Crippen molar-refractivity contribution in [2.24, 2.45) is 11.8 Å². The number of methoxy groups -OCH3 is 1. The first-order chi connectivity index (χ1) is 8.28. The number of rotatable bonds is 5. The Morgan fingerprint density at radius 1 is 1.24 bits per heavy atom. The van der Waals surface area contributed by atoms with Crippen LogP contribution in [0.15, 0.2) is 18.2 Å².